The molecule has 5 heteroatoms. The summed E-state index contributed by atoms with van der Waals surface area (Å²) in [6.07, 6.45) is 0. The van der Waals surface area contributed by atoms with Crippen molar-refractivity contribution in [1.82, 2.24) is 15.5 Å². The van der Waals surface area contributed by atoms with Gasteiger partial charge in [-0.1, -0.05) is 30.3 Å². The van der Waals surface area contributed by atoms with Crippen LogP contribution >= 0.6 is 0 Å². The fraction of sp³-hybridized carbons (Fsp3) is 0.429. The molecule has 0 bridgehead atoms. The first-order valence-corrected chi connectivity index (χ1v) is 6.26. The van der Waals surface area contributed by atoms with E-state index in [0.717, 1.165) is 5.56 Å². The molecule has 0 aliphatic rings. The van der Waals surface area contributed by atoms with E-state index in [-0.39, 0.29) is 24.4 Å². The molecule has 1 aromatic rings. The van der Waals surface area contributed by atoms with Gasteiger partial charge in [-0.2, -0.15) is 0 Å². The Hall–Kier alpha value is -1.88. The number of hydrogen-bond acceptors (Lipinski definition) is 3. The Balaban J connectivity index is 2.27. The largest absolute Gasteiger partial charge is 0.351 e. The molecule has 2 amide bonds. The Morgan fingerprint density at radius 1 is 1.21 bits per heavy atom. The number of benzene rings is 1. The van der Waals surface area contributed by atoms with Crippen molar-refractivity contribution < 1.29 is 9.59 Å². The van der Waals surface area contributed by atoms with E-state index in [2.05, 4.69) is 10.6 Å². The van der Waals surface area contributed by atoms with E-state index in [1.165, 1.54) is 4.90 Å². The van der Waals surface area contributed by atoms with Crippen LogP contribution in [-0.4, -0.2) is 43.4 Å². The molecule has 0 aliphatic carbocycles. The van der Waals surface area contributed by atoms with Crippen LogP contribution in [0.25, 0.3) is 0 Å². The van der Waals surface area contributed by atoms with E-state index in [1.54, 1.807) is 21.0 Å². The predicted octanol–water partition coefficient (Wildman–Crippen LogP) is 0.369. The van der Waals surface area contributed by atoms with Crippen LogP contribution in [0.2, 0.25) is 0 Å². The number of carbonyl (C=O) groups is 2. The van der Waals surface area contributed by atoms with Crippen LogP contribution in [0, 0.1) is 0 Å². The predicted molar refractivity (Wildman–Crippen MR) is 74.4 cm³/mol. The molecule has 0 saturated heterocycles. The van der Waals surface area contributed by atoms with Crippen molar-refractivity contribution in [1.29, 1.82) is 0 Å². The van der Waals surface area contributed by atoms with Gasteiger partial charge in [0.25, 0.3) is 0 Å². The average molecular weight is 263 g/mol. The lowest BCUT2D eigenvalue weighted by Gasteiger charge is -2.17. The molecule has 104 valence electrons. The molecular weight excluding hydrogens is 242 g/mol. The zero-order chi connectivity index (χ0) is 14.3. The van der Waals surface area contributed by atoms with Crippen molar-refractivity contribution in [2.45, 2.75) is 19.5 Å². The summed E-state index contributed by atoms with van der Waals surface area (Å²) in [5.41, 5.74) is 1.05. The summed E-state index contributed by atoms with van der Waals surface area (Å²) in [6.45, 7) is 2.37. The minimum Gasteiger partial charge on any atom is -0.351 e. The van der Waals surface area contributed by atoms with E-state index in [0.29, 0.717) is 6.54 Å². The molecule has 1 aromatic carbocycles. The second-order valence-electron chi connectivity index (χ2n) is 4.60. The Kier molecular flexibility index (Phi) is 6.02. The Morgan fingerprint density at radius 2 is 1.84 bits per heavy atom. The summed E-state index contributed by atoms with van der Waals surface area (Å²) < 4.78 is 0. The first kappa shape index (κ1) is 15.2. The lowest BCUT2D eigenvalue weighted by Crippen LogP contribution is -2.45. The molecule has 5 nitrogen and oxygen atoms in total. The molecule has 19 heavy (non-hydrogen) atoms. The van der Waals surface area contributed by atoms with Gasteiger partial charge in [-0.15, -0.1) is 0 Å². The van der Waals surface area contributed by atoms with Crippen molar-refractivity contribution in [2.24, 2.45) is 0 Å². The van der Waals surface area contributed by atoms with Crippen molar-refractivity contribution in [3.05, 3.63) is 35.9 Å². The quantitative estimate of drug-likeness (QED) is 0.779. The second-order valence-corrected chi connectivity index (χ2v) is 4.60. The smallest absolute Gasteiger partial charge is 0.238 e. The van der Waals surface area contributed by atoms with Crippen LogP contribution in [-0.2, 0) is 16.1 Å². The molecule has 1 rings (SSSR count). The van der Waals surface area contributed by atoms with Gasteiger partial charge in [0.2, 0.25) is 11.8 Å². The van der Waals surface area contributed by atoms with Crippen LogP contribution in [0.1, 0.15) is 12.5 Å². The molecule has 1 atom stereocenters. The monoisotopic (exact) mass is 263 g/mol. The van der Waals surface area contributed by atoms with E-state index in [1.807, 2.05) is 30.3 Å². The highest BCUT2D eigenvalue weighted by Gasteiger charge is 2.14. The molecule has 1 unspecified atom stereocenters. The number of likely N-dealkylation sites (N-methyl/N-ethyl adjacent to an activating group) is 1. The Bertz CT molecular complexity index is 418. The summed E-state index contributed by atoms with van der Waals surface area (Å²) in [5.74, 6) is -0.168. The number of rotatable bonds is 6. The van der Waals surface area contributed by atoms with Gasteiger partial charge in [-0.25, -0.2) is 0 Å². The summed E-state index contributed by atoms with van der Waals surface area (Å²) in [7, 11) is 3.38. The zero-order valence-corrected chi connectivity index (χ0v) is 11.6. The number of hydrogen-bond donors (Lipinski definition) is 2. The molecular formula is C14H21N3O2. The topological polar surface area (TPSA) is 61.4 Å². The maximum Gasteiger partial charge on any atom is 0.238 e. The van der Waals surface area contributed by atoms with Gasteiger partial charge >= 0.3 is 0 Å². The van der Waals surface area contributed by atoms with Crippen LogP contribution in [0.4, 0.5) is 0 Å². The molecule has 0 radical (unpaired) electrons. The molecule has 2 N–H and O–H groups in total. The van der Waals surface area contributed by atoms with E-state index >= 15 is 0 Å². The number of nitrogens with zero attached hydrogens (tertiary/aromatic N) is 1. The maximum atomic E-state index is 11.6. The molecule has 0 heterocycles. The van der Waals surface area contributed by atoms with Crippen molar-refractivity contribution in [3.8, 4) is 0 Å². The van der Waals surface area contributed by atoms with Crippen molar-refractivity contribution in [3.63, 3.8) is 0 Å². The average Bonchev–Trinajstić information content (AvgIpc) is 2.42. The lowest BCUT2D eigenvalue weighted by molar-refractivity contribution is -0.130. The first-order chi connectivity index (χ1) is 9.00. The number of carbonyl (C=O) groups excluding carboxylic acids is 2. The highest BCUT2D eigenvalue weighted by atomic mass is 16.2. The lowest BCUT2D eigenvalue weighted by atomic mass is 10.2. The normalized spacial score (nSPS) is 11.7. The zero-order valence-electron chi connectivity index (χ0n) is 11.6. The third-order valence-electron chi connectivity index (χ3n) is 2.71. The molecule has 0 saturated carbocycles. The maximum absolute atomic E-state index is 11.6. The van der Waals surface area contributed by atoms with Gasteiger partial charge in [-0.3, -0.25) is 14.9 Å². The molecule has 0 aliphatic heterocycles. The van der Waals surface area contributed by atoms with E-state index in [9.17, 15) is 9.59 Å². The fourth-order valence-electron chi connectivity index (χ4n) is 1.58. The van der Waals surface area contributed by atoms with Crippen molar-refractivity contribution in [2.75, 3.05) is 20.6 Å². The van der Waals surface area contributed by atoms with Gasteiger partial charge in [0.15, 0.2) is 0 Å². The summed E-state index contributed by atoms with van der Waals surface area (Å²) in [5, 5.41) is 5.69. The molecule has 0 fully saturated rings. The minimum atomic E-state index is -0.363. The van der Waals surface area contributed by atoms with Gasteiger partial charge in [-0.05, 0) is 12.5 Å². The van der Waals surface area contributed by atoms with Gasteiger partial charge in [0, 0.05) is 20.6 Å². The van der Waals surface area contributed by atoms with Crippen LogP contribution in [0.5, 0.6) is 0 Å². The third kappa shape index (κ3) is 5.52. The summed E-state index contributed by atoms with van der Waals surface area (Å²) in [6, 6.07) is 9.33. The van der Waals surface area contributed by atoms with E-state index in [4.69, 9.17) is 0 Å². The molecule has 0 spiro atoms. The Labute approximate surface area is 114 Å². The SMILES string of the molecule is CC(NCC(=O)NCc1ccccc1)C(=O)N(C)C. The fourth-order valence-corrected chi connectivity index (χ4v) is 1.58. The number of nitrogens with one attached hydrogen (secondary N) is 2. The van der Waals surface area contributed by atoms with Gasteiger partial charge in [0.1, 0.15) is 0 Å². The van der Waals surface area contributed by atoms with E-state index < -0.39 is 0 Å². The van der Waals surface area contributed by atoms with Gasteiger partial charge < -0.3 is 10.2 Å². The van der Waals surface area contributed by atoms with Crippen molar-refractivity contribution >= 4 is 11.8 Å². The molecule has 0 aromatic heterocycles. The summed E-state index contributed by atoms with van der Waals surface area (Å²) >= 11 is 0. The van der Waals surface area contributed by atoms with Crippen LogP contribution < -0.4 is 10.6 Å². The third-order valence-corrected chi connectivity index (χ3v) is 2.71. The minimum absolute atomic E-state index is 0.0455. The highest BCUT2D eigenvalue weighted by Crippen LogP contribution is 1.96. The van der Waals surface area contributed by atoms with Crippen LogP contribution in [0.15, 0.2) is 30.3 Å². The second kappa shape index (κ2) is 7.53. The first-order valence-electron chi connectivity index (χ1n) is 6.26. The summed E-state index contributed by atoms with van der Waals surface area (Å²) in [4.78, 5) is 24.7. The highest BCUT2D eigenvalue weighted by molar-refractivity contribution is 5.83. The standard InChI is InChI=1S/C14H21N3O2/c1-11(14(19)17(2)3)15-10-13(18)16-9-12-7-5-4-6-8-12/h4-8,11,15H,9-10H2,1-3H3,(H,16,18). The number of amides is 2. The van der Waals surface area contributed by atoms with Crippen LogP contribution in [0.3, 0.4) is 0 Å². The Morgan fingerprint density at radius 3 is 2.42 bits per heavy atom. The van der Waals surface area contributed by atoms with Gasteiger partial charge in [0.05, 0.1) is 12.6 Å².